The van der Waals surface area contributed by atoms with Crippen LogP contribution < -0.4 is 4.74 Å². The molecular formula is C20H20ClF2NO3. The Bertz CT molecular complexity index is 812. The van der Waals surface area contributed by atoms with Gasteiger partial charge in [-0.15, -0.1) is 0 Å². The standard InChI is InChI=1S/C20H20ClF2NO3/c21-15-3-1-4-18(11-15)27-13-20(26)5-2-7-24(8-6-20)19(25)14-9-16(22)12-17(23)10-14/h1,3-4,9-12,26H,2,5-8,13H2. The maximum atomic E-state index is 13.4. The summed E-state index contributed by atoms with van der Waals surface area (Å²) in [5, 5.41) is 11.4. The fraction of sp³-hybridized carbons (Fsp3) is 0.350. The van der Waals surface area contributed by atoms with E-state index in [2.05, 4.69) is 0 Å². The molecule has 1 heterocycles. The quantitative estimate of drug-likeness (QED) is 0.849. The van der Waals surface area contributed by atoms with Crippen molar-refractivity contribution in [3.63, 3.8) is 0 Å². The lowest BCUT2D eigenvalue weighted by atomic mass is 9.96. The topological polar surface area (TPSA) is 49.8 Å². The number of carbonyl (C=O) groups excluding carboxylic acids is 1. The first-order chi connectivity index (χ1) is 12.8. The molecule has 1 fully saturated rings. The number of aliphatic hydroxyl groups is 1. The van der Waals surface area contributed by atoms with E-state index in [0.717, 1.165) is 18.2 Å². The van der Waals surface area contributed by atoms with Crippen molar-refractivity contribution in [1.82, 2.24) is 4.90 Å². The molecule has 0 aliphatic carbocycles. The number of benzene rings is 2. The van der Waals surface area contributed by atoms with Gasteiger partial charge in [-0.25, -0.2) is 8.78 Å². The SMILES string of the molecule is O=C(c1cc(F)cc(F)c1)N1CCCC(O)(COc2cccc(Cl)c2)CC1. The van der Waals surface area contributed by atoms with Crippen molar-refractivity contribution in [2.24, 2.45) is 0 Å². The van der Waals surface area contributed by atoms with Crippen LogP contribution in [0.1, 0.15) is 29.6 Å². The lowest BCUT2D eigenvalue weighted by molar-refractivity contribution is -0.0163. The lowest BCUT2D eigenvalue weighted by Gasteiger charge is -2.27. The van der Waals surface area contributed by atoms with Gasteiger partial charge >= 0.3 is 0 Å². The van der Waals surface area contributed by atoms with Gasteiger partial charge in [0.2, 0.25) is 0 Å². The number of ether oxygens (including phenoxy) is 1. The van der Waals surface area contributed by atoms with Gasteiger partial charge in [0.15, 0.2) is 0 Å². The van der Waals surface area contributed by atoms with Crippen molar-refractivity contribution in [3.8, 4) is 5.75 Å². The van der Waals surface area contributed by atoms with Crippen LogP contribution in [0.2, 0.25) is 5.02 Å². The van der Waals surface area contributed by atoms with E-state index in [0.29, 0.717) is 36.6 Å². The molecule has 1 atom stereocenters. The van der Waals surface area contributed by atoms with Gasteiger partial charge in [-0.1, -0.05) is 17.7 Å². The molecule has 1 unspecified atom stereocenters. The number of hydrogen-bond acceptors (Lipinski definition) is 3. The second-order valence-corrected chi connectivity index (χ2v) is 7.21. The summed E-state index contributed by atoms with van der Waals surface area (Å²) in [6.07, 6.45) is 1.31. The average molecular weight is 396 g/mol. The summed E-state index contributed by atoms with van der Waals surface area (Å²) in [7, 11) is 0. The lowest BCUT2D eigenvalue weighted by Crippen LogP contribution is -2.38. The van der Waals surface area contributed by atoms with E-state index < -0.39 is 23.1 Å². The molecule has 3 rings (SSSR count). The van der Waals surface area contributed by atoms with Gasteiger partial charge in [0.25, 0.3) is 5.91 Å². The van der Waals surface area contributed by atoms with Crippen molar-refractivity contribution < 1.29 is 23.4 Å². The maximum Gasteiger partial charge on any atom is 0.254 e. The number of hydrogen-bond donors (Lipinski definition) is 1. The molecule has 2 aromatic rings. The summed E-state index contributed by atoms with van der Waals surface area (Å²) < 4.78 is 32.4. The molecule has 1 N–H and O–H groups in total. The van der Waals surface area contributed by atoms with Crippen LogP contribution in [-0.4, -0.2) is 41.2 Å². The third-order valence-electron chi connectivity index (χ3n) is 4.62. The molecule has 1 aliphatic rings. The van der Waals surface area contributed by atoms with Gasteiger partial charge in [-0.05, 0) is 49.6 Å². The highest BCUT2D eigenvalue weighted by Crippen LogP contribution is 2.26. The van der Waals surface area contributed by atoms with Gasteiger partial charge in [-0.2, -0.15) is 0 Å². The Labute approximate surface area is 161 Å². The van der Waals surface area contributed by atoms with E-state index in [4.69, 9.17) is 16.3 Å². The second-order valence-electron chi connectivity index (χ2n) is 6.77. The molecule has 4 nitrogen and oxygen atoms in total. The third-order valence-corrected chi connectivity index (χ3v) is 4.85. The monoisotopic (exact) mass is 395 g/mol. The second kappa shape index (κ2) is 8.23. The van der Waals surface area contributed by atoms with Gasteiger partial charge in [0.05, 0.1) is 0 Å². The molecule has 1 aliphatic heterocycles. The molecule has 0 bridgehead atoms. The minimum absolute atomic E-state index is 0.0342. The molecule has 1 amide bonds. The van der Waals surface area contributed by atoms with E-state index in [1.165, 1.54) is 4.90 Å². The molecule has 0 spiro atoms. The number of amides is 1. The third kappa shape index (κ3) is 5.17. The van der Waals surface area contributed by atoms with E-state index in [1.54, 1.807) is 24.3 Å². The van der Waals surface area contributed by atoms with Crippen molar-refractivity contribution in [3.05, 3.63) is 64.7 Å². The number of likely N-dealkylation sites (tertiary alicyclic amines) is 1. The summed E-state index contributed by atoms with van der Waals surface area (Å²) in [4.78, 5) is 14.1. The van der Waals surface area contributed by atoms with E-state index in [-0.39, 0.29) is 18.7 Å². The molecule has 0 saturated carbocycles. The highest BCUT2D eigenvalue weighted by atomic mass is 35.5. The first kappa shape index (κ1) is 19.6. The van der Waals surface area contributed by atoms with E-state index in [1.807, 2.05) is 0 Å². The Morgan fingerprint density at radius 2 is 1.89 bits per heavy atom. The number of nitrogens with zero attached hydrogens (tertiary/aromatic N) is 1. The van der Waals surface area contributed by atoms with Crippen LogP contribution in [0.25, 0.3) is 0 Å². The fourth-order valence-corrected chi connectivity index (χ4v) is 3.34. The molecular weight excluding hydrogens is 376 g/mol. The average Bonchev–Trinajstić information content (AvgIpc) is 2.81. The normalized spacial score (nSPS) is 20.2. The number of rotatable bonds is 4. The highest BCUT2D eigenvalue weighted by Gasteiger charge is 2.32. The summed E-state index contributed by atoms with van der Waals surface area (Å²) in [6, 6.07) is 9.66. The maximum absolute atomic E-state index is 13.4. The summed E-state index contributed by atoms with van der Waals surface area (Å²) in [6.45, 7) is 0.743. The van der Waals surface area contributed by atoms with Crippen molar-refractivity contribution >= 4 is 17.5 Å². The minimum Gasteiger partial charge on any atom is -0.491 e. The molecule has 1 saturated heterocycles. The first-order valence-electron chi connectivity index (χ1n) is 8.71. The largest absolute Gasteiger partial charge is 0.491 e. The predicted octanol–water partition coefficient (Wildman–Crippen LogP) is 4.05. The zero-order valence-corrected chi connectivity index (χ0v) is 15.4. The Morgan fingerprint density at radius 1 is 1.15 bits per heavy atom. The summed E-state index contributed by atoms with van der Waals surface area (Å²) in [5.74, 6) is -1.48. The number of carbonyl (C=O) groups is 1. The molecule has 0 radical (unpaired) electrons. The molecule has 2 aromatic carbocycles. The van der Waals surface area contributed by atoms with Crippen molar-refractivity contribution in [1.29, 1.82) is 0 Å². The van der Waals surface area contributed by atoms with Crippen molar-refractivity contribution in [2.75, 3.05) is 19.7 Å². The summed E-state index contributed by atoms with van der Waals surface area (Å²) >= 11 is 5.92. The Kier molecular flexibility index (Phi) is 5.97. The van der Waals surface area contributed by atoms with Crippen molar-refractivity contribution in [2.45, 2.75) is 24.9 Å². The van der Waals surface area contributed by atoms with Gasteiger partial charge in [-0.3, -0.25) is 4.79 Å². The van der Waals surface area contributed by atoms with Gasteiger partial charge in [0.1, 0.15) is 29.6 Å². The minimum atomic E-state index is -1.09. The van der Waals surface area contributed by atoms with Crippen LogP contribution in [0.15, 0.2) is 42.5 Å². The van der Waals surface area contributed by atoms with Crippen LogP contribution in [0, 0.1) is 11.6 Å². The smallest absolute Gasteiger partial charge is 0.254 e. The zero-order valence-electron chi connectivity index (χ0n) is 14.6. The van der Waals surface area contributed by atoms with Crippen LogP contribution in [0.4, 0.5) is 8.78 Å². The molecule has 7 heteroatoms. The predicted molar refractivity (Wildman–Crippen MR) is 98.0 cm³/mol. The molecule has 0 aromatic heterocycles. The molecule has 144 valence electrons. The van der Waals surface area contributed by atoms with E-state index >= 15 is 0 Å². The van der Waals surface area contributed by atoms with Gasteiger partial charge < -0.3 is 14.7 Å². The Balaban J connectivity index is 1.63. The van der Waals surface area contributed by atoms with Crippen LogP contribution >= 0.6 is 11.6 Å². The zero-order chi connectivity index (χ0) is 19.4. The first-order valence-corrected chi connectivity index (χ1v) is 9.09. The van der Waals surface area contributed by atoms with Crippen LogP contribution in [-0.2, 0) is 0 Å². The summed E-state index contributed by atoms with van der Waals surface area (Å²) in [5.41, 5.74) is -1.13. The fourth-order valence-electron chi connectivity index (χ4n) is 3.16. The van der Waals surface area contributed by atoms with E-state index in [9.17, 15) is 18.7 Å². The van der Waals surface area contributed by atoms with Gasteiger partial charge in [0, 0.05) is 29.7 Å². The van der Waals surface area contributed by atoms with Crippen LogP contribution in [0.5, 0.6) is 5.75 Å². The molecule has 27 heavy (non-hydrogen) atoms. The Hall–Kier alpha value is -2.18. The highest BCUT2D eigenvalue weighted by molar-refractivity contribution is 6.30. The van der Waals surface area contributed by atoms with Crippen LogP contribution in [0.3, 0.4) is 0 Å². The Morgan fingerprint density at radius 3 is 2.59 bits per heavy atom. The number of halogens is 3.